The van der Waals surface area contributed by atoms with E-state index in [9.17, 15) is 9.59 Å². The summed E-state index contributed by atoms with van der Waals surface area (Å²) in [5, 5.41) is 5.73. The van der Waals surface area contributed by atoms with Gasteiger partial charge in [-0.1, -0.05) is 18.2 Å². The molecule has 8 nitrogen and oxygen atoms in total. The summed E-state index contributed by atoms with van der Waals surface area (Å²) in [5.74, 6) is 0.477. The molecule has 0 aliphatic carbocycles. The van der Waals surface area contributed by atoms with Gasteiger partial charge < -0.3 is 25.0 Å². The number of nitrogens with one attached hydrogen (secondary N) is 2. The molecule has 1 aliphatic rings. The van der Waals surface area contributed by atoms with Gasteiger partial charge in [-0.2, -0.15) is 0 Å². The Morgan fingerprint density at radius 2 is 1.47 bits per heavy atom. The van der Waals surface area contributed by atoms with E-state index < -0.39 is 0 Å². The lowest BCUT2D eigenvalue weighted by atomic mass is 10.2. The van der Waals surface area contributed by atoms with Crippen molar-refractivity contribution < 1.29 is 19.1 Å². The smallest absolute Gasteiger partial charge is 0.255 e. The SMILES string of the molecule is COc1cc(NC(=O)c2ccccc2)c(OC)cc1NC(=O)CN1CCN(C)CC1. The molecule has 1 saturated heterocycles. The van der Waals surface area contributed by atoms with Gasteiger partial charge in [-0.05, 0) is 19.2 Å². The Hall–Kier alpha value is -3.10. The Kier molecular flexibility index (Phi) is 7.26. The zero-order valence-electron chi connectivity index (χ0n) is 17.6. The van der Waals surface area contributed by atoms with Crippen molar-refractivity contribution in [2.24, 2.45) is 0 Å². The predicted octanol–water partition coefficient (Wildman–Crippen LogP) is 2.14. The fourth-order valence-corrected chi connectivity index (χ4v) is 3.28. The Morgan fingerprint density at radius 3 is 2.03 bits per heavy atom. The van der Waals surface area contributed by atoms with Gasteiger partial charge in [0.15, 0.2) is 0 Å². The normalized spacial score (nSPS) is 14.8. The third-order valence-corrected chi connectivity index (χ3v) is 5.04. The number of ether oxygens (including phenoxy) is 2. The molecule has 3 rings (SSSR count). The molecule has 30 heavy (non-hydrogen) atoms. The lowest BCUT2D eigenvalue weighted by molar-refractivity contribution is -0.117. The van der Waals surface area contributed by atoms with E-state index in [4.69, 9.17) is 9.47 Å². The molecule has 0 unspecified atom stereocenters. The minimum Gasteiger partial charge on any atom is -0.494 e. The molecule has 0 saturated carbocycles. The van der Waals surface area contributed by atoms with Crippen LogP contribution >= 0.6 is 0 Å². The second kappa shape index (κ2) is 10.1. The molecular weight excluding hydrogens is 384 g/mol. The maximum Gasteiger partial charge on any atom is 0.255 e. The van der Waals surface area contributed by atoms with E-state index in [1.54, 1.807) is 36.4 Å². The van der Waals surface area contributed by atoms with Crippen LogP contribution in [0.4, 0.5) is 11.4 Å². The number of amides is 2. The highest BCUT2D eigenvalue weighted by Gasteiger charge is 2.19. The molecule has 0 bridgehead atoms. The van der Waals surface area contributed by atoms with E-state index in [0.29, 0.717) is 35.0 Å². The first-order chi connectivity index (χ1) is 14.5. The maximum absolute atomic E-state index is 12.5. The number of benzene rings is 2. The number of carbonyl (C=O) groups excluding carboxylic acids is 2. The quantitative estimate of drug-likeness (QED) is 0.725. The van der Waals surface area contributed by atoms with Gasteiger partial charge in [0.25, 0.3) is 5.91 Å². The van der Waals surface area contributed by atoms with Crippen LogP contribution in [0, 0.1) is 0 Å². The number of hydrogen-bond acceptors (Lipinski definition) is 6. The lowest BCUT2D eigenvalue weighted by Gasteiger charge is -2.31. The number of rotatable bonds is 7. The van der Waals surface area contributed by atoms with Gasteiger partial charge in [-0.25, -0.2) is 0 Å². The van der Waals surface area contributed by atoms with Crippen molar-refractivity contribution in [1.29, 1.82) is 0 Å². The average Bonchev–Trinajstić information content (AvgIpc) is 2.76. The van der Waals surface area contributed by atoms with Gasteiger partial charge in [0, 0.05) is 43.9 Å². The van der Waals surface area contributed by atoms with Gasteiger partial charge >= 0.3 is 0 Å². The zero-order valence-corrected chi connectivity index (χ0v) is 17.6. The first kappa shape index (κ1) is 21.6. The van der Waals surface area contributed by atoms with E-state index in [2.05, 4.69) is 27.5 Å². The molecule has 8 heteroatoms. The van der Waals surface area contributed by atoms with Crippen molar-refractivity contribution in [1.82, 2.24) is 9.80 Å². The van der Waals surface area contributed by atoms with Crippen LogP contribution in [0.15, 0.2) is 42.5 Å². The zero-order chi connectivity index (χ0) is 21.5. The molecular formula is C22H28N4O4. The van der Waals surface area contributed by atoms with Crippen molar-refractivity contribution in [3.8, 4) is 11.5 Å². The minimum absolute atomic E-state index is 0.124. The molecule has 0 radical (unpaired) electrons. The summed E-state index contributed by atoms with van der Waals surface area (Å²) < 4.78 is 10.9. The van der Waals surface area contributed by atoms with Crippen LogP contribution in [0.2, 0.25) is 0 Å². The summed E-state index contributed by atoms with van der Waals surface area (Å²) in [4.78, 5) is 29.4. The standard InChI is InChI=1S/C22H28N4O4/c1-25-9-11-26(12-10-25)15-21(27)23-17-13-20(30-3)18(14-19(17)29-2)24-22(28)16-7-5-4-6-8-16/h4-8,13-14H,9-12,15H2,1-3H3,(H,23,27)(H,24,28). The fraction of sp³-hybridized carbons (Fsp3) is 0.364. The van der Waals surface area contributed by atoms with Crippen LogP contribution in [0.3, 0.4) is 0 Å². The maximum atomic E-state index is 12.5. The minimum atomic E-state index is -0.261. The average molecular weight is 412 g/mol. The van der Waals surface area contributed by atoms with Gasteiger partial charge in [-0.3, -0.25) is 14.5 Å². The number of likely N-dealkylation sites (N-methyl/N-ethyl adjacent to an activating group) is 1. The molecule has 160 valence electrons. The highest BCUT2D eigenvalue weighted by atomic mass is 16.5. The highest BCUT2D eigenvalue weighted by molar-refractivity contribution is 6.05. The lowest BCUT2D eigenvalue weighted by Crippen LogP contribution is -2.47. The Bertz CT molecular complexity index is 880. The van der Waals surface area contributed by atoms with Crippen LogP contribution in [-0.2, 0) is 4.79 Å². The molecule has 2 aromatic carbocycles. The van der Waals surface area contributed by atoms with Crippen LogP contribution in [-0.4, -0.2) is 75.6 Å². The van der Waals surface area contributed by atoms with Crippen LogP contribution in [0.1, 0.15) is 10.4 Å². The van der Waals surface area contributed by atoms with E-state index in [0.717, 1.165) is 26.2 Å². The summed E-state index contributed by atoms with van der Waals surface area (Å²) in [5.41, 5.74) is 1.48. The molecule has 1 heterocycles. The van der Waals surface area contributed by atoms with Crippen molar-refractivity contribution in [3.63, 3.8) is 0 Å². The predicted molar refractivity (Wildman–Crippen MR) is 117 cm³/mol. The van der Waals surface area contributed by atoms with Gasteiger partial charge in [0.1, 0.15) is 11.5 Å². The number of anilines is 2. The summed E-state index contributed by atoms with van der Waals surface area (Å²) >= 11 is 0. The largest absolute Gasteiger partial charge is 0.494 e. The molecule has 0 spiro atoms. The number of hydrogen-bond donors (Lipinski definition) is 2. The highest BCUT2D eigenvalue weighted by Crippen LogP contribution is 2.36. The third kappa shape index (κ3) is 5.49. The Balaban J connectivity index is 1.72. The molecule has 2 N–H and O–H groups in total. The number of piperazine rings is 1. The van der Waals surface area contributed by atoms with E-state index in [1.165, 1.54) is 14.2 Å². The third-order valence-electron chi connectivity index (χ3n) is 5.04. The summed E-state index contributed by atoms with van der Waals surface area (Å²) in [6, 6.07) is 12.2. The van der Waals surface area contributed by atoms with E-state index in [-0.39, 0.29) is 11.8 Å². The summed E-state index contributed by atoms with van der Waals surface area (Å²) in [6.45, 7) is 3.91. The number of nitrogens with zero attached hydrogens (tertiary/aromatic N) is 2. The molecule has 0 aromatic heterocycles. The van der Waals surface area contributed by atoms with E-state index in [1.807, 2.05) is 6.07 Å². The van der Waals surface area contributed by atoms with Crippen molar-refractivity contribution in [2.45, 2.75) is 0 Å². The van der Waals surface area contributed by atoms with Crippen LogP contribution in [0.25, 0.3) is 0 Å². The fourth-order valence-electron chi connectivity index (χ4n) is 3.28. The molecule has 2 aromatic rings. The topological polar surface area (TPSA) is 83.1 Å². The van der Waals surface area contributed by atoms with Gasteiger partial charge in [0.2, 0.25) is 5.91 Å². The Morgan fingerprint density at radius 1 is 0.900 bits per heavy atom. The molecule has 1 fully saturated rings. The summed E-state index contributed by atoms with van der Waals surface area (Å²) in [6.07, 6.45) is 0. The van der Waals surface area contributed by atoms with Crippen molar-refractivity contribution in [3.05, 3.63) is 48.0 Å². The first-order valence-electron chi connectivity index (χ1n) is 9.83. The van der Waals surface area contributed by atoms with Gasteiger partial charge in [-0.15, -0.1) is 0 Å². The molecule has 2 amide bonds. The summed E-state index contributed by atoms with van der Waals surface area (Å²) in [7, 11) is 5.10. The van der Waals surface area contributed by atoms with Crippen molar-refractivity contribution in [2.75, 3.05) is 64.6 Å². The number of methoxy groups -OCH3 is 2. The second-order valence-corrected chi connectivity index (χ2v) is 7.20. The van der Waals surface area contributed by atoms with Gasteiger partial charge in [0.05, 0.1) is 32.1 Å². The van der Waals surface area contributed by atoms with E-state index >= 15 is 0 Å². The van der Waals surface area contributed by atoms with Crippen molar-refractivity contribution >= 4 is 23.2 Å². The molecule has 1 aliphatic heterocycles. The molecule has 0 atom stereocenters. The monoisotopic (exact) mass is 412 g/mol. The first-order valence-corrected chi connectivity index (χ1v) is 9.83. The second-order valence-electron chi connectivity index (χ2n) is 7.20. The van der Waals surface area contributed by atoms with Crippen LogP contribution in [0.5, 0.6) is 11.5 Å². The van der Waals surface area contributed by atoms with Crippen LogP contribution < -0.4 is 20.1 Å². The Labute approximate surface area is 176 Å². The number of carbonyl (C=O) groups is 2.